The van der Waals surface area contributed by atoms with Crippen LogP contribution >= 0.6 is 0 Å². The first kappa shape index (κ1) is 19.0. The zero-order chi connectivity index (χ0) is 21.7. The maximum absolute atomic E-state index is 13.2. The molecule has 0 aliphatic carbocycles. The Labute approximate surface area is 177 Å². The Morgan fingerprint density at radius 3 is 2.55 bits per heavy atom. The summed E-state index contributed by atoms with van der Waals surface area (Å²) in [6.45, 7) is 3.74. The number of benzene rings is 2. The van der Waals surface area contributed by atoms with Gasteiger partial charge < -0.3 is 4.42 Å². The first-order chi connectivity index (χ1) is 15.0. The summed E-state index contributed by atoms with van der Waals surface area (Å²) >= 11 is 0. The van der Waals surface area contributed by atoms with Crippen molar-refractivity contribution in [3.63, 3.8) is 0 Å². The van der Waals surface area contributed by atoms with Crippen LogP contribution < -0.4 is 10.5 Å². The average molecular weight is 416 g/mol. The van der Waals surface area contributed by atoms with Crippen molar-refractivity contribution < 1.29 is 14.0 Å². The molecule has 1 unspecified atom stereocenters. The number of aromatic nitrogens is 3. The minimum Gasteiger partial charge on any atom is -0.422 e. The number of aryl methyl sites for hydroxylation is 2. The van der Waals surface area contributed by atoms with E-state index in [1.165, 1.54) is 9.58 Å². The number of nitrogens with one attached hydrogen (secondary N) is 1. The molecule has 1 aliphatic rings. The summed E-state index contributed by atoms with van der Waals surface area (Å²) in [5.74, 6) is -1.58. The zero-order valence-electron chi connectivity index (χ0n) is 17.1. The van der Waals surface area contributed by atoms with E-state index in [1.54, 1.807) is 31.2 Å². The van der Waals surface area contributed by atoms with Gasteiger partial charge in [-0.15, -0.1) is 0 Å². The van der Waals surface area contributed by atoms with Crippen molar-refractivity contribution in [2.75, 3.05) is 4.90 Å². The molecule has 5 rings (SSSR count). The monoisotopic (exact) mass is 416 g/mol. The van der Waals surface area contributed by atoms with E-state index in [9.17, 15) is 14.4 Å². The number of amides is 2. The number of aromatic amines is 1. The molecule has 2 aromatic heterocycles. The number of nitrogens with zero attached hydrogens (tertiary/aromatic N) is 3. The first-order valence-electron chi connectivity index (χ1n) is 10.1. The van der Waals surface area contributed by atoms with Crippen molar-refractivity contribution in [2.24, 2.45) is 0 Å². The van der Waals surface area contributed by atoms with Gasteiger partial charge in [0.2, 0.25) is 11.8 Å². The van der Waals surface area contributed by atoms with Gasteiger partial charge >= 0.3 is 6.01 Å². The summed E-state index contributed by atoms with van der Waals surface area (Å²) in [6, 6.07) is 14.6. The quantitative estimate of drug-likeness (QED) is 0.515. The average Bonchev–Trinajstić information content (AvgIpc) is 3.41. The van der Waals surface area contributed by atoms with Gasteiger partial charge in [0.1, 0.15) is 5.52 Å². The van der Waals surface area contributed by atoms with Crippen LogP contribution in [0.1, 0.15) is 36.1 Å². The predicted octanol–water partition coefficient (Wildman–Crippen LogP) is 3.22. The van der Waals surface area contributed by atoms with E-state index < -0.39 is 17.4 Å². The Morgan fingerprint density at radius 2 is 1.84 bits per heavy atom. The summed E-state index contributed by atoms with van der Waals surface area (Å²) in [4.78, 5) is 44.6. The Bertz CT molecular complexity index is 1340. The topological polar surface area (TPSA) is 101 Å². The molecule has 1 fully saturated rings. The maximum atomic E-state index is 13.2. The number of rotatable bonds is 4. The summed E-state index contributed by atoms with van der Waals surface area (Å²) in [6.07, 6.45) is 0.804. The molecular weight excluding hydrogens is 396 g/mol. The fourth-order valence-corrected chi connectivity index (χ4v) is 4.07. The standard InChI is InChI=1S/C23H20N4O4/c1-3-14-8-10-15(11-9-14)26-19(28)12-16(21(26)29)20-13(2)25-27(22(20)30)23-24-17-6-4-5-7-18(17)31-23/h4-11,16,25H,3,12H2,1-2H3. The van der Waals surface area contributed by atoms with Gasteiger partial charge in [0.05, 0.1) is 17.2 Å². The molecule has 3 heterocycles. The number of fused-ring (bicyclic) bond motifs is 1. The molecule has 0 spiro atoms. The van der Waals surface area contributed by atoms with E-state index in [2.05, 4.69) is 10.1 Å². The van der Waals surface area contributed by atoms with Crippen LogP contribution in [0.5, 0.6) is 0 Å². The lowest BCUT2D eigenvalue weighted by Crippen LogP contribution is -2.31. The molecule has 0 radical (unpaired) electrons. The van der Waals surface area contributed by atoms with Gasteiger partial charge in [-0.1, -0.05) is 31.2 Å². The molecule has 31 heavy (non-hydrogen) atoms. The Kier molecular flexibility index (Phi) is 4.35. The lowest BCUT2D eigenvalue weighted by molar-refractivity contribution is -0.121. The fourth-order valence-electron chi connectivity index (χ4n) is 4.07. The molecule has 8 heteroatoms. The molecule has 1 atom stereocenters. The number of H-pyrrole nitrogens is 1. The normalized spacial score (nSPS) is 16.6. The molecule has 2 amide bonds. The van der Waals surface area contributed by atoms with E-state index in [1.807, 2.05) is 31.2 Å². The van der Waals surface area contributed by atoms with Crippen LogP contribution in [-0.4, -0.2) is 26.6 Å². The number of carbonyl (C=O) groups excluding carboxylic acids is 2. The summed E-state index contributed by atoms with van der Waals surface area (Å²) < 4.78 is 6.87. The summed E-state index contributed by atoms with van der Waals surface area (Å²) in [5, 5.41) is 2.94. The van der Waals surface area contributed by atoms with Gasteiger partial charge in [-0.2, -0.15) is 9.67 Å². The molecule has 2 aromatic carbocycles. The molecular formula is C23H20N4O4. The van der Waals surface area contributed by atoms with Gasteiger partial charge in [-0.05, 0) is 43.2 Å². The van der Waals surface area contributed by atoms with E-state index in [4.69, 9.17) is 4.42 Å². The molecule has 8 nitrogen and oxygen atoms in total. The van der Waals surface area contributed by atoms with Crippen LogP contribution in [0.4, 0.5) is 5.69 Å². The number of hydrogen-bond acceptors (Lipinski definition) is 5. The minimum absolute atomic E-state index is 0.0597. The third kappa shape index (κ3) is 2.99. The van der Waals surface area contributed by atoms with E-state index in [-0.39, 0.29) is 23.9 Å². The Hall–Kier alpha value is -3.94. The number of imide groups is 1. The lowest BCUT2D eigenvalue weighted by atomic mass is 9.98. The van der Waals surface area contributed by atoms with Crippen LogP contribution in [0.25, 0.3) is 17.1 Å². The van der Waals surface area contributed by atoms with Crippen molar-refractivity contribution in [2.45, 2.75) is 32.6 Å². The number of hydrogen-bond donors (Lipinski definition) is 1. The highest BCUT2D eigenvalue weighted by molar-refractivity contribution is 6.22. The van der Waals surface area contributed by atoms with Crippen LogP contribution in [0.2, 0.25) is 0 Å². The van der Waals surface area contributed by atoms with Gasteiger partial charge in [0.25, 0.3) is 5.56 Å². The molecule has 1 N–H and O–H groups in total. The molecule has 156 valence electrons. The lowest BCUT2D eigenvalue weighted by Gasteiger charge is -2.15. The maximum Gasteiger partial charge on any atom is 0.325 e. The third-order valence-electron chi connectivity index (χ3n) is 5.69. The smallest absolute Gasteiger partial charge is 0.325 e. The second-order valence-corrected chi connectivity index (χ2v) is 7.60. The Morgan fingerprint density at radius 1 is 1.10 bits per heavy atom. The third-order valence-corrected chi connectivity index (χ3v) is 5.69. The van der Waals surface area contributed by atoms with Crippen molar-refractivity contribution in [3.8, 4) is 6.01 Å². The second kappa shape index (κ2) is 7.09. The van der Waals surface area contributed by atoms with E-state index >= 15 is 0 Å². The zero-order valence-corrected chi connectivity index (χ0v) is 17.1. The van der Waals surface area contributed by atoms with Crippen LogP contribution in [0.15, 0.2) is 57.7 Å². The van der Waals surface area contributed by atoms with Gasteiger partial charge in [0.15, 0.2) is 5.58 Å². The predicted molar refractivity (Wildman–Crippen MR) is 114 cm³/mol. The molecule has 4 aromatic rings. The highest BCUT2D eigenvalue weighted by Crippen LogP contribution is 2.33. The SMILES string of the molecule is CCc1ccc(N2C(=O)CC(c3c(C)[nH]n(-c4nc5ccccc5o4)c3=O)C2=O)cc1. The molecule has 1 saturated heterocycles. The van der Waals surface area contributed by atoms with Crippen molar-refractivity contribution in [3.05, 3.63) is 75.7 Å². The number of carbonyl (C=O) groups is 2. The van der Waals surface area contributed by atoms with Crippen LogP contribution in [-0.2, 0) is 16.0 Å². The number of anilines is 1. The molecule has 0 saturated carbocycles. The van der Waals surface area contributed by atoms with E-state index in [0.717, 1.165) is 12.0 Å². The Balaban J connectivity index is 1.52. The highest BCUT2D eigenvalue weighted by atomic mass is 16.4. The first-order valence-corrected chi connectivity index (χ1v) is 10.1. The molecule has 0 bridgehead atoms. The number of para-hydroxylation sites is 2. The van der Waals surface area contributed by atoms with Crippen LogP contribution in [0, 0.1) is 6.92 Å². The second-order valence-electron chi connectivity index (χ2n) is 7.60. The van der Waals surface area contributed by atoms with Crippen molar-refractivity contribution in [1.82, 2.24) is 14.8 Å². The summed E-state index contributed by atoms with van der Waals surface area (Å²) in [5.41, 5.74) is 3.11. The summed E-state index contributed by atoms with van der Waals surface area (Å²) in [7, 11) is 0. The highest BCUT2D eigenvalue weighted by Gasteiger charge is 2.43. The largest absolute Gasteiger partial charge is 0.422 e. The van der Waals surface area contributed by atoms with Gasteiger partial charge in [-0.25, -0.2) is 0 Å². The molecule has 1 aliphatic heterocycles. The fraction of sp³-hybridized carbons (Fsp3) is 0.217. The number of oxazole rings is 1. The van der Waals surface area contributed by atoms with Gasteiger partial charge in [-0.3, -0.25) is 24.4 Å². The minimum atomic E-state index is -0.854. The van der Waals surface area contributed by atoms with Gasteiger partial charge in [0, 0.05) is 12.1 Å². The van der Waals surface area contributed by atoms with Crippen LogP contribution in [0.3, 0.4) is 0 Å². The van der Waals surface area contributed by atoms with Crippen molar-refractivity contribution in [1.29, 1.82) is 0 Å². The van der Waals surface area contributed by atoms with E-state index in [0.29, 0.717) is 22.5 Å². The van der Waals surface area contributed by atoms with Crippen molar-refractivity contribution >= 4 is 28.6 Å².